The van der Waals surface area contributed by atoms with Crippen LogP contribution >= 0.6 is 11.6 Å². The van der Waals surface area contributed by atoms with Gasteiger partial charge < -0.3 is 11.1 Å². The van der Waals surface area contributed by atoms with Crippen LogP contribution in [0.25, 0.3) is 11.1 Å². The number of carbonyl (C=O) groups is 1. The number of hydrogen-bond acceptors (Lipinski definition) is 3. The van der Waals surface area contributed by atoms with E-state index in [9.17, 15) is 4.79 Å². The summed E-state index contributed by atoms with van der Waals surface area (Å²) in [5.41, 5.74) is 8.71. The summed E-state index contributed by atoms with van der Waals surface area (Å²) in [7, 11) is 0. The molecule has 3 N–H and O–H groups in total. The summed E-state index contributed by atoms with van der Waals surface area (Å²) in [5, 5.41) is 3.17. The first-order chi connectivity index (χ1) is 8.58. The van der Waals surface area contributed by atoms with E-state index >= 15 is 0 Å². The maximum absolute atomic E-state index is 11.1. The van der Waals surface area contributed by atoms with Gasteiger partial charge in [0.25, 0.3) is 0 Å². The number of nitrogens with zero attached hydrogens (tertiary/aromatic N) is 1. The van der Waals surface area contributed by atoms with Crippen LogP contribution in [0.15, 0.2) is 36.7 Å². The minimum Gasteiger partial charge on any atom is -0.397 e. The lowest BCUT2D eigenvalue weighted by atomic mass is 10.0. The molecule has 1 aromatic carbocycles. The highest BCUT2D eigenvalue weighted by Crippen LogP contribution is 2.34. The monoisotopic (exact) mass is 261 g/mol. The van der Waals surface area contributed by atoms with E-state index in [0.717, 1.165) is 11.1 Å². The predicted molar refractivity (Wildman–Crippen MR) is 73.4 cm³/mol. The Bertz CT molecular complexity index is 584. The van der Waals surface area contributed by atoms with E-state index in [1.165, 1.54) is 6.92 Å². The summed E-state index contributed by atoms with van der Waals surface area (Å²) < 4.78 is 0. The van der Waals surface area contributed by atoms with Gasteiger partial charge in [-0.2, -0.15) is 0 Å². The number of hydrogen-bond donors (Lipinski definition) is 2. The molecule has 0 spiro atoms. The van der Waals surface area contributed by atoms with Crippen molar-refractivity contribution in [3.05, 3.63) is 41.7 Å². The van der Waals surface area contributed by atoms with E-state index in [-0.39, 0.29) is 5.91 Å². The molecule has 1 amide bonds. The third-order valence-corrected chi connectivity index (χ3v) is 2.67. The van der Waals surface area contributed by atoms with E-state index in [0.29, 0.717) is 16.4 Å². The third-order valence-electron chi connectivity index (χ3n) is 2.45. The number of halogens is 1. The van der Waals surface area contributed by atoms with Crippen molar-refractivity contribution in [2.24, 2.45) is 0 Å². The Balaban J connectivity index is 2.55. The average Bonchev–Trinajstić information content (AvgIpc) is 2.34. The third kappa shape index (κ3) is 2.60. The van der Waals surface area contributed by atoms with Crippen molar-refractivity contribution in [3.63, 3.8) is 0 Å². The van der Waals surface area contributed by atoms with Gasteiger partial charge in [-0.15, -0.1) is 0 Å². The molecule has 5 heteroatoms. The second kappa shape index (κ2) is 5.06. The SMILES string of the molecule is CC(=O)Nc1cc(Cl)cc(-c2ccncc2)c1N. The second-order valence-corrected chi connectivity index (χ2v) is 4.27. The lowest BCUT2D eigenvalue weighted by Gasteiger charge is -2.12. The van der Waals surface area contributed by atoms with Gasteiger partial charge in [0.1, 0.15) is 0 Å². The van der Waals surface area contributed by atoms with Crippen LogP contribution in [-0.4, -0.2) is 10.9 Å². The quantitative estimate of drug-likeness (QED) is 0.817. The van der Waals surface area contributed by atoms with Crippen molar-refractivity contribution in [1.29, 1.82) is 0 Å². The fourth-order valence-corrected chi connectivity index (χ4v) is 1.90. The number of benzene rings is 1. The Morgan fingerprint density at radius 2 is 2.00 bits per heavy atom. The summed E-state index contributed by atoms with van der Waals surface area (Å²) in [5.74, 6) is -0.190. The normalized spacial score (nSPS) is 10.1. The second-order valence-electron chi connectivity index (χ2n) is 3.83. The zero-order valence-electron chi connectivity index (χ0n) is 9.77. The molecular formula is C13H12ClN3O. The highest BCUT2D eigenvalue weighted by Gasteiger charge is 2.10. The first-order valence-corrected chi connectivity index (χ1v) is 5.72. The summed E-state index contributed by atoms with van der Waals surface area (Å²) in [6.45, 7) is 1.42. The van der Waals surface area contributed by atoms with Crippen molar-refractivity contribution in [2.45, 2.75) is 6.92 Å². The topological polar surface area (TPSA) is 68.0 Å². The first-order valence-electron chi connectivity index (χ1n) is 5.35. The molecule has 18 heavy (non-hydrogen) atoms. The van der Waals surface area contributed by atoms with Crippen molar-refractivity contribution in [3.8, 4) is 11.1 Å². The van der Waals surface area contributed by atoms with E-state index < -0.39 is 0 Å². The van der Waals surface area contributed by atoms with Gasteiger partial charge in [-0.1, -0.05) is 11.6 Å². The standard InChI is InChI=1S/C13H12ClN3O/c1-8(18)17-12-7-10(14)6-11(13(12)15)9-2-4-16-5-3-9/h2-7H,15H2,1H3,(H,17,18). The molecule has 0 aliphatic rings. The molecular weight excluding hydrogens is 250 g/mol. The van der Waals surface area contributed by atoms with Crippen molar-refractivity contribution in [1.82, 2.24) is 4.98 Å². The molecule has 92 valence electrons. The summed E-state index contributed by atoms with van der Waals surface area (Å²) in [4.78, 5) is 15.1. The molecule has 0 aliphatic carbocycles. The Kier molecular flexibility index (Phi) is 3.48. The number of rotatable bonds is 2. The number of aromatic nitrogens is 1. The molecule has 2 aromatic rings. The fraction of sp³-hybridized carbons (Fsp3) is 0.0769. The van der Waals surface area contributed by atoms with Crippen LogP contribution in [-0.2, 0) is 4.79 Å². The van der Waals surface area contributed by atoms with Gasteiger partial charge >= 0.3 is 0 Å². The van der Waals surface area contributed by atoms with Gasteiger partial charge in [0.2, 0.25) is 5.91 Å². The molecule has 0 saturated carbocycles. The highest BCUT2D eigenvalue weighted by molar-refractivity contribution is 6.31. The van der Waals surface area contributed by atoms with Crippen LogP contribution in [0.1, 0.15) is 6.92 Å². The van der Waals surface area contributed by atoms with Crippen LogP contribution in [0.3, 0.4) is 0 Å². The van der Waals surface area contributed by atoms with Crippen molar-refractivity contribution >= 4 is 28.9 Å². The van der Waals surface area contributed by atoms with E-state index in [4.69, 9.17) is 17.3 Å². The van der Waals surface area contributed by atoms with E-state index in [1.807, 2.05) is 12.1 Å². The van der Waals surface area contributed by atoms with Gasteiger partial charge in [0.05, 0.1) is 11.4 Å². The Morgan fingerprint density at radius 3 is 2.61 bits per heavy atom. The van der Waals surface area contributed by atoms with Gasteiger partial charge in [0.15, 0.2) is 0 Å². The Morgan fingerprint density at radius 1 is 1.33 bits per heavy atom. The van der Waals surface area contributed by atoms with E-state index in [1.54, 1.807) is 24.5 Å². The molecule has 0 saturated heterocycles. The summed E-state index contributed by atoms with van der Waals surface area (Å²) in [6.07, 6.45) is 3.35. The average molecular weight is 262 g/mol. The smallest absolute Gasteiger partial charge is 0.221 e. The number of carbonyl (C=O) groups excluding carboxylic acids is 1. The zero-order valence-corrected chi connectivity index (χ0v) is 10.5. The van der Waals surface area contributed by atoms with Crippen LogP contribution in [0.4, 0.5) is 11.4 Å². The largest absolute Gasteiger partial charge is 0.397 e. The predicted octanol–water partition coefficient (Wildman–Crippen LogP) is 2.94. The molecule has 4 nitrogen and oxygen atoms in total. The maximum atomic E-state index is 11.1. The number of nitrogen functional groups attached to an aromatic ring is 1. The number of pyridine rings is 1. The van der Waals surface area contributed by atoms with Crippen LogP contribution in [0.5, 0.6) is 0 Å². The molecule has 0 bridgehead atoms. The molecule has 2 rings (SSSR count). The number of nitrogens with two attached hydrogens (primary N) is 1. The lowest BCUT2D eigenvalue weighted by molar-refractivity contribution is -0.114. The number of nitrogens with one attached hydrogen (secondary N) is 1. The first kappa shape index (κ1) is 12.4. The van der Waals surface area contributed by atoms with Crippen LogP contribution in [0.2, 0.25) is 5.02 Å². The maximum Gasteiger partial charge on any atom is 0.221 e. The summed E-state index contributed by atoms with van der Waals surface area (Å²) >= 11 is 6.03. The number of amides is 1. The fourth-order valence-electron chi connectivity index (χ4n) is 1.68. The summed E-state index contributed by atoms with van der Waals surface area (Å²) in [6, 6.07) is 7.06. The minimum atomic E-state index is -0.190. The molecule has 0 atom stereocenters. The minimum absolute atomic E-state index is 0.190. The van der Waals surface area contributed by atoms with E-state index in [2.05, 4.69) is 10.3 Å². The van der Waals surface area contributed by atoms with Gasteiger partial charge in [-0.25, -0.2) is 0 Å². The van der Waals surface area contributed by atoms with Crippen LogP contribution < -0.4 is 11.1 Å². The molecule has 0 radical (unpaired) electrons. The number of anilines is 2. The molecule has 0 fully saturated rings. The Hall–Kier alpha value is -2.07. The molecule has 0 aliphatic heterocycles. The van der Waals surface area contributed by atoms with Crippen LogP contribution in [0, 0.1) is 0 Å². The lowest BCUT2D eigenvalue weighted by Crippen LogP contribution is -2.08. The molecule has 0 unspecified atom stereocenters. The molecule has 1 aromatic heterocycles. The Labute approximate surface area is 110 Å². The van der Waals surface area contributed by atoms with Crippen molar-refractivity contribution in [2.75, 3.05) is 11.1 Å². The van der Waals surface area contributed by atoms with Gasteiger partial charge in [0, 0.05) is 29.9 Å². The van der Waals surface area contributed by atoms with Crippen molar-refractivity contribution < 1.29 is 4.79 Å². The zero-order chi connectivity index (χ0) is 13.1. The van der Waals surface area contributed by atoms with Gasteiger partial charge in [-0.3, -0.25) is 9.78 Å². The van der Waals surface area contributed by atoms with Gasteiger partial charge in [-0.05, 0) is 29.8 Å². The highest BCUT2D eigenvalue weighted by atomic mass is 35.5. The molecule has 1 heterocycles.